The maximum atomic E-state index is 14.3. The number of likely N-dealkylation sites (tertiary alicyclic amines) is 1. The van der Waals surface area contributed by atoms with Crippen molar-refractivity contribution in [2.45, 2.75) is 128 Å². The number of rotatable bonds is 17. The summed E-state index contributed by atoms with van der Waals surface area (Å²) in [6.45, 7) is 15.4. The molecule has 0 spiro atoms. The zero-order chi connectivity index (χ0) is 51.6. The third-order valence-electron chi connectivity index (χ3n) is 14.4. The normalized spacial score (nSPS) is 21.6. The Morgan fingerprint density at radius 2 is 1.90 bits per heavy atom. The summed E-state index contributed by atoms with van der Waals surface area (Å²) < 4.78 is 13.4. The molecule has 0 bridgehead atoms. The van der Waals surface area contributed by atoms with Gasteiger partial charge in [0.1, 0.15) is 28.8 Å². The van der Waals surface area contributed by atoms with E-state index >= 15 is 0 Å². The van der Waals surface area contributed by atoms with Crippen molar-refractivity contribution in [3.05, 3.63) is 81.4 Å². The second kappa shape index (κ2) is 22.0. The minimum Gasteiger partial charge on any atom is -0.475 e. The summed E-state index contributed by atoms with van der Waals surface area (Å²) in [4.78, 5) is 55.3. The van der Waals surface area contributed by atoms with E-state index in [1.165, 1.54) is 20.9 Å². The Morgan fingerprint density at radius 3 is 2.64 bits per heavy atom. The second-order valence-corrected chi connectivity index (χ2v) is 22.1. The molecule has 5 N–H and O–H groups in total. The summed E-state index contributed by atoms with van der Waals surface area (Å²) in [5.41, 5.74) is 12.0. The summed E-state index contributed by atoms with van der Waals surface area (Å²) in [5.74, 6) is 0.662. The van der Waals surface area contributed by atoms with Gasteiger partial charge in [-0.2, -0.15) is 10.2 Å². The van der Waals surface area contributed by atoms with E-state index in [2.05, 4.69) is 53.5 Å². The van der Waals surface area contributed by atoms with Crippen molar-refractivity contribution in [2.24, 2.45) is 5.92 Å². The number of aliphatic hydroxyl groups is 2. The van der Waals surface area contributed by atoms with Crippen molar-refractivity contribution in [2.75, 3.05) is 50.0 Å². The molecular formula is C51H64N14O6S2. The van der Waals surface area contributed by atoms with Crippen molar-refractivity contribution in [3.63, 3.8) is 0 Å². The molecule has 2 aliphatic heterocycles. The van der Waals surface area contributed by atoms with Crippen LogP contribution < -0.4 is 20.7 Å². The quantitative estimate of drug-likeness (QED) is 0.0779. The Hall–Kier alpha value is -6.38. The Bertz CT molecular complexity index is 2930. The lowest BCUT2D eigenvalue weighted by Crippen LogP contribution is -2.50. The van der Waals surface area contributed by atoms with Gasteiger partial charge >= 0.3 is 0 Å². The van der Waals surface area contributed by atoms with Gasteiger partial charge in [-0.15, -0.1) is 22.7 Å². The number of thiophene rings is 1. The van der Waals surface area contributed by atoms with Crippen molar-refractivity contribution in [1.29, 1.82) is 5.26 Å². The van der Waals surface area contributed by atoms with Crippen molar-refractivity contribution in [3.8, 4) is 33.9 Å². The zero-order valence-corrected chi connectivity index (χ0v) is 43.8. The molecule has 0 saturated carbocycles. The number of carbonyl (C=O) groups is 2. The number of nitrogens with zero attached hydrogens (tertiary/aromatic N) is 12. The number of amides is 2. The predicted molar refractivity (Wildman–Crippen MR) is 276 cm³/mol. The van der Waals surface area contributed by atoms with Crippen molar-refractivity contribution in [1.82, 2.24) is 55.2 Å². The van der Waals surface area contributed by atoms with Gasteiger partial charge in [0, 0.05) is 48.7 Å². The Labute approximate surface area is 432 Å². The number of nitrogens with two attached hydrogens (primary N) is 1. The lowest BCUT2D eigenvalue weighted by molar-refractivity contribution is -0.143. The molecule has 1 aliphatic carbocycles. The van der Waals surface area contributed by atoms with Crippen molar-refractivity contribution >= 4 is 45.4 Å². The number of unbranched alkanes of at least 4 members (excludes halogenated alkanes) is 1. The summed E-state index contributed by atoms with van der Waals surface area (Å²) in [6.07, 6.45) is 6.73. The number of thiazole rings is 1. The molecule has 2 saturated heterocycles. The molecule has 0 radical (unpaired) electrons. The third kappa shape index (κ3) is 10.8. The molecular weight excluding hydrogens is 969 g/mol. The topological polar surface area (TPSA) is 264 Å². The van der Waals surface area contributed by atoms with E-state index in [1.54, 1.807) is 42.2 Å². The lowest BCUT2D eigenvalue weighted by Gasteiger charge is -2.31. The number of fused-ring (bicyclic) bond motifs is 1. The molecule has 2 amide bonds. The van der Waals surface area contributed by atoms with E-state index in [4.69, 9.17) is 25.0 Å². The number of anilines is 2. The molecule has 6 aromatic rings. The molecule has 3 aliphatic rings. The van der Waals surface area contributed by atoms with Crippen LogP contribution in [0.1, 0.15) is 118 Å². The standard InChI is InChI=1S/C51H64N14O6S2/c1-29(2)43(48(69)64-26-35(67)23-38(64)47(68)57-42(32(5)66)33-12-14-34(15-13-33)44-31(4)55-28-72-44)65-27-40(59-61-65)70-22-8-7-19-62-20-10-21-63(30(3)25-62)50-54-18-16-37(56-50)46-58-49(71-60-46)51(6)17-9-11-39-41(51)36(24-52)45(53)73-39/h12-16,18,27-30,32,35,38,42-43,66-67H,7-11,17,19-23,25-26,53H2,1-6H3,(H,57,68)/t30-,32-,35+,38-,42-,43-,51-/m0/s1. The van der Waals surface area contributed by atoms with Gasteiger partial charge in [0.2, 0.25) is 29.5 Å². The largest absolute Gasteiger partial charge is 0.475 e. The van der Waals surface area contributed by atoms with Gasteiger partial charge in [-0.05, 0) is 102 Å². The molecule has 9 rings (SSSR count). The molecule has 7 heterocycles. The first-order valence-corrected chi connectivity index (χ1v) is 26.8. The molecule has 1 aromatic carbocycles. The van der Waals surface area contributed by atoms with Gasteiger partial charge in [-0.1, -0.05) is 53.6 Å². The number of nitrogens with one attached hydrogen (secondary N) is 1. The molecule has 2 fully saturated rings. The molecule has 20 nitrogen and oxygen atoms in total. The van der Waals surface area contributed by atoms with Crippen LogP contribution in [0.2, 0.25) is 0 Å². The highest BCUT2D eigenvalue weighted by atomic mass is 32.1. The number of aryl methyl sites for hydroxylation is 2. The monoisotopic (exact) mass is 1030 g/mol. The predicted octanol–water partition coefficient (Wildman–Crippen LogP) is 5.86. The first-order chi connectivity index (χ1) is 35.1. The second-order valence-electron chi connectivity index (χ2n) is 20.1. The molecule has 386 valence electrons. The Kier molecular flexibility index (Phi) is 15.5. The van der Waals surface area contributed by atoms with Gasteiger partial charge in [0.05, 0.1) is 58.1 Å². The SMILES string of the molecule is Cc1ncsc1-c1ccc([C@@H](NC(=O)[C@@H]2C[C@@H](O)CN2C(=O)[C@H](C(C)C)n2cc(OCCCCN3CCCN(c4nccc(-c5noc([C@@]6(C)CCCc7sc(N)c(C#N)c76)n5)n4)[C@@H](C)C3)nn2)[C@H](C)O)cc1. The Morgan fingerprint density at radius 1 is 1.10 bits per heavy atom. The van der Waals surface area contributed by atoms with Gasteiger partial charge < -0.3 is 45.2 Å². The number of nitrogen functional groups attached to an aromatic ring is 1. The van der Waals surface area contributed by atoms with E-state index in [-0.39, 0.29) is 30.8 Å². The van der Waals surface area contributed by atoms with E-state index in [1.807, 2.05) is 52.0 Å². The summed E-state index contributed by atoms with van der Waals surface area (Å²) in [5, 5.41) is 47.9. The lowest BCUT2D eigenvalue weighted by atomic mass is 9.72. The van der Waals surface area contributed by atoms with Gasteiger partial charge in [-0.3, -0.25) is 9.59 Å². The number of nitriles is 1. The van der Waals surface area contributed by atoms with Gasteiger partial charge in [0.15, 0.2) is 0 Å². The van der Waals surface area contributed by atoms with E-state index in [0.717, 1.165) is 91.3 Å². The molecule has 22 heteroatoms. The molecule has 7 atom stereocenters. The highest BCUT2D eigenvalue weighted by Crippen LogP contribution is 2.48. The average molecular weight is 1030 g/mol. The molecule has 5 aromatic heterocycles. The minimum absolute atomic E-state index is 0.0156. The fourth-order valence-corrected chi connectivity index (χ4v) is 12.6. The van der Waals surface area contributed by atoms with Crippen LogP contribution in [-0.4, -0.2) is 136 Å². The maximum Gasteiger partial charge on any atom is 0.253 e. The number of carbonyl (C=O) groups excluding carboxylic acids is 2. The van der Waals surface area contributed by atoms with E-state index < -0.39 is 41.7 Å². The fourth-order valence-electron chi connectivity index (χ4n) is 10.6. The molecule has 73 heavy (non-hydrogen) atoms. The highest BCUT2D eigenvalue weighted by Gasteiger charge is 2.45. The van der Waals surface area contributed by atoms with Crippen LogP contribution >= 0.6 is 22.7 Å². The maximum absolute atomic E-state index is 14.3. The van der Waals surface area contributed by atoms with E-state index in [9.17, 15) is 25.1 Å². The summed E-state index contributed by atoms with van der Waals surface area (Å²) in [6, 6.07) is 9.35. The van der Waals surface area contributed by atoms with E-state index in [0.29, 0.717) is 52.0 Å². The van der Waals surface area contributed by atoms with Crippen LogP contribution in [-0.2, 0) is 21.4 Å². The summed E-state index contributed by atoms with van der Waals surface area (Å²) in [7, 11) is 0. The number of hydrogen-bond acceptors (Lipinski definition) is 19. The fraction of sp³-hybridized carbons (Fsp3) is 0.529. The van der Waals surface area contributed by atoms with Crippen LogP contribution in [0.15, 0.2) is 52.8 Å². The first kappa shape index (κ1) is 51.5. The van der Waals surface area contributed by atoms with Crippen molar-refractivity contribution < 1.29 is 29.1 Å². The number of aliphatic hydroxyl groups excluding tert-OH is 2. The number of aromatic nitrogens is 8. The Balaban J connectivity index is 0.759. The number of ether oxygens (including phenoxy) is 1. The van der Waals surface area contributed by atoms with Gasteiger partial charge in [-0.25, -0.2) is 19.6 Å². The van der Waals surface area contributed by atoms with Crippen LogP contribution in [0.5, 0.6) is 5.88 Å². The van der Waals surface area contributed by atoms with Gasteiger partial charge in [0.25, 0.3) is 5.88 Å². The molecule has 0 unspecified atom stereocenters. The van der Waals surface area contributed by atoms with Crippen LogP contribution in [0.3, 0.4) is 0 Å². The summed E-state index contributed by atoms with van der Waals surface area (Å²) >= 11 is 3.02. The number of β-amino-alcohol motifs (C(OH)–C–C–N with tert-alkyl or cyclic N) is 1. The zero-order valence-electron chi connectivity index (χ0n) is 42.1. The minimum atomic E-state index is -0.955. The number of benzene rings is 1. The van der Waals surface area contributed by atoms with Crippen LogP contribution in [0, 0.1) is 24.2 Å². The number of hydrogen-bond donors (Lipinski definition) is 4. The third-order valence-corrected chi connectivity index (χ3v) is 16.5. The smallest absolute Gasteiger partial charge is 0.253 e. The average Bonchev–Trinajstić information content (AvgIpc) is 4.23. The van der Waals surface area contributed by atoms with Crippen LogP contribution in [0.25, 0.3) is 22.0 Å². The van der Waals surface area contributed by atoms with Crippen LogP contribution in [0.4, 0.5) is 10.9 Å². The first-order valence-electron chi connectivity index (χ1n) is 25.1. The highest BCUT2D eigenvalue weighted by molar-refractivity contribution is 7.16.